The minimum atomic E-state index is -3.84. The fourth-order valence-corrected chi connectivity index (χ4v) is 4.07. The Labute approximate surface area is 162 Å². The van der Waals surface area contributed by atoms with E-state index in [0.29, 0.717) is 12.2 Å². The highest BCUT2D eigenvalue weighted by molar-refractivity contribution is 7.92. The van der Waals surface area contributed by atoms with Crippen LogP contribution in [0.2, 0.25) is 0 Å². The number of benzene rings is 2. The number of amides is 1. The number of hydrogen-bond acceptors (Lipinski definition) is 3. The average Bonchev–Trinajstić information content (AvgIpc) is 2.64. The molecule has 0 radical (unpaired) electrons. The van der Waals surface area contributed by atoms with E-state index < -0.39 is 10.0 Å². The van der Waals surface area contributed by atoms with Crippen LogP contribution in [0.5, 0.6) is 0 Å². The lowest BCUT2D eigenvalue weighted by Crippen LogP contribution is -2.41. The van der Waals surface area contributed by atoms with Crippen molar-refractivity contribution in [1.29, 1.82) is 0 Å². The molecule has 0 spiro atoms. The van der Waals surface area contributed by atoms with Gasteiger partial charge in [0.25, 0.3) is 10.0 Å². The van der Waals surface area contributed by atoms with Crippen molar-refractivity contribution in [3.05, 3.63) is 59.7 Å². The fraction of sp³-hybridized carbons (Fsp3) is 0.381. The van der Waals surface area contributed by atoms with Crippen LogP contribution in [-0.2, 0) is 14.8 Å². The van der Waals surface area contributed by atoms with Crippen molar-refractivity contribution in [2.45, 2.75) is 44.9 Å². The van der Waals surface area contributed by atoms with E-state index in [9.17, 15) is 13.2 Å². The third kappa shape index (κ3) is 5.82. The Bertz CT molecular complexity index is 844. The van der Waals surface area contributed by atoms with E-state index in [0.717, 1.165) is 30.4 Å². The van der Waals surface area contributed by atoms with Crippen molar-refractivity contribution >= 4 is 21.6 Å². The van der Waals surface area contributed by atoms with E-state index in [1.807, 2.05) is 26.0 Å². The van der Waals surface area contributed by atoms with Crippen molar-refractivity contribution < 1.29 is 13.2 Å². The zero-order valence-electron chi connectivity index (χ0n) is 16.2. The maximum Gasteiger partial charge on any atom is 0.264 e. The zero-order chi connectivity index (χ0) is 19.9. The van der Waals surface area contributed by atoms with Gasteiger partial charge in [0.1, 0.15) is 6.54 Å². The number of hydrogen-bond donors (Lipinski definition) is 1. The van der Waals surface area contributed by atoms with Gasteiger partial charge in [-0.1, -0.05) is 55.2 Å². The molecule has 2 aromatic carbocycles. The van der Waals surface area contributed by atoms with Crippen LogP contribution in [0.15, 0.2) is 53.4 Å². The Morgan fingerprint density at radius 1 is 0.926 bits per heavy atom. The van der Waals surface area contributed by atoms with Crippen LogP contribution in [0.4, 0.5) is 5.69 Å². The van der Waals surface area contributed by atoms with Gasteiger partial charge in [-0.25, -0.2) is 8.42 Å². The van der Waals surface area contributed by atoms with E-state index in [4.69, 9.17) is 0 Å². The Balaban J connectivity index is 2.28. The van der Waals surface area contributed by atoms with Gasteiger partial charge in [-0.15, -0.1) is 0 Å². The summed E-state index contributed by atoms with van der Waals surface area (Å²) < 4.78 is 27.5. The predicted octanol–water partition coefficient (Wildman–Crippen LogP) is 3.81. The first-order chi connectivity index (χ1) is 12.8. The number of sulfonamides is 1. The molecular formula is C21H28N2O3S. The largest absolute Gasteiger partial charge is 0.355 e. The molecule has 0 aliphatic rings. The first kappa shape index (κ1) is 21.0. The molecule has 1 N–H and O–H groups in total. The Hall–Kier alpha value is -2.34. The topological polar surface area (TPSA) is 66.5 Å². The monoisotopic (exact) mass is 388 g/mol. The summed E-state index contributed by atoms with van der Waals surface area (Å²) in [6.07, 6.45) is 2.98. The van der Waals surface area contributed by atoms with E-state index >= 15 is 0 Å². The van der Waals surface area contributed by atoms with Gasteiger partial charge in [-0.2, -0.15) is 0 Å². The maximum atomic E-state index is 13.2. The fourth-order valence-electron chi connectivity index (χ4n) is 2.65. The molecule has 0 saturated heterocycles. The highest BCUT2D eigenvalue weighted by Gasteiger charge is 2.27. The normalized spacial score (nSPS) is 11.2. The minimum Gasteiger partial charge on any atom is -0.355 e. The van der Waals surface area contributed by atoms with Gasteiger partial charge < -0.3 is 5.32 Å². The van der Waals surface area contributed by atoms with Gasteiger partial charge in [0.05, 0.1) is 10.6 Å². The van der Waals surface area contributed by atoms with Crippen LogP contribution in [0, 0.1) is 13.8 Å². The molecule has 0 aromatic heterocycles. The molecule has 6 heteroatoms. The summed E-state index contributed by atoms with van der Waals surface area (Å²) in [5.74, 6) is -0.303. The predicted molar refractivity (Wildman–Crippen MR) is 109 cm³/mol. The molecular weight excluding hydrogens is 360 g/mol. The summed E-state index contributed by atoms with van der Waals surface area (Å²) in [5, 5.41) is 2.82. The first-order valence-electron chi connectivity index (χ1n) is 9.27. The molecule has 27 heavy (non-hydrogen) atoms. The quantitative estimate of drug-likeness (QED) is 0.665. The molecule has 0 fully saturated rings. The number of carbonyl (C=O) groups is 1. The molecule has 2 rings (SSSR count). The standard InChI is InChI=1S/C21H28N2O3S/c1-4-5-6-15-22-21(24)16-23(19-11-7-17(2)8-12-19)27(25,26)20-13-9-18(3)10-14-20/h7-14H,4-6,15-16H2,1-3H3,(H,22,24). The number of nitrogens with one attached hydrogen (secondary N) is 1. The molecule has 5 nitrogen and oxygen atoms in total. The van der Waals surface area contributed by atoms with Crippen LogP contribution in [0.1, 0.15) is 37.3 Å². The van der Waals surface area contributed by atoms with Gasteiger partial charge in [-0.3, -0.25) is 9.10 Å². The van der Waals surface area contributed by atoms with Crippen LogP contribution >= 0.6 is 0 Å². The second-order valence-corrected chi connectivity index (χ2v) is 8.58. The molecule has 0 unspecified atom stereocenters. The van der Waals surface area contributed by atoms with Crippen molar-refractivity contribution in [2.75, 3.05) is 17.4 Å². The summed E-state index contributed by atoms with van der Waals surface area (Å²) >= 11 is 0. The van der Waals surface area contributed by atoms with Crippen molar-refractivity contribution in [2.24, 2.45) is 0 Å². The summed E-state index contributed by atoms with van der Waals surface area (Å²) in [6.45, 7) is 6.24. The Morgan fingerprint density at radius 3 is 2.04 bits per heavy atom. The number of unbranched alkanes of at least 4 members (excludes halogenated alkanes) is 2. The molecule has 0 heterocycles. The van der Waals surface area contributed by atoms with Gasteiger partial charge in [0.2, 0.25) is 5.91 Å². The lowest BCUT2D eigenvalue weighted by atomic mass is 10.2. The molecule has 0 aliphatic carbocycles. The molecule has 1 amide bonds. The lowest BCUT2D eigenvalue weighted by Gasteiger charge is -2.24. The van der Waals surface area contributed by atoms with Crippen molar-refractivity contribution in [3.63, 3.8) is 0 Å². The van der Waals surface area contributed by atoms with Gasteiger partial charge in [-0.05, 0) is 44.5 Å². The van der Waals surface area contributed by atoms with E-state index in [1.54, 1.807) is 36.4 Å². The summed E-state index contributed by atoms with van der Waals surface area (Å²) in [5.41, 5.74) is 2.48. The summed E-state index contributed by atoms with van der Waals surface area (Å²) in [6, 6.07) is 13.8. The first-order valence-corrected chi connectivity index (χ1v) is 10.7. The van der Waals surface area contributed by atoms with Crippen LogP contribution < -0.4 is 9.62 Å². The third-order valence-corrected chi connectivity index (χ3v) is 6.11. The van der Waals surface area contributed by atoms with Crippen molar-refractivity contribution in [3.8, 4) is 0 Å². The number of carbonyl (C=O) groups excluding carboxylic acids is 1. The molecule has 146 valence electrons. The second kappa shape index (κ2) is 9.55. The van der Waals surface area contributed by atoms with Gasteiger partial charge >= 0.3 is 0 Å². The molecule has 0 bridgehead atoms. The van der Waals surface area contributed by atoms with Crippen LogP contribution in [0.25, 0.3) is 0 Å². The summed E-state index contributed by atoms with van der Waals surface area (Å²) in [7, 11) is -3.84. The highest BCUT2D eigenvalue weighted by atomic mass is 32.2. The van der Waals surface area contributed by atoms with Crippen molar-refractivity contribution in [1.82, 2.24) is 5.32 Å². The van der Waals surface area contributed by atoms with E-state index in [1.165, 1.54) is 4.31 Å². The second-order valence-electron chi connectivity index (χ2n) is 6.72. The van der Waals surface area contributed by atoms with Gasteiger partial charge in [0, 0.05) is 6.54 Å². The number of anilines is 1. The average molecular weight is 389 g/mol. The van der Waals surface area contributed by atoms with Crippen LogP contribution in [0.3, 0.4) is 0 Å². The number of rotatable bonds is 9. The Kier molecular flexibility index (Phi) is 7.42. The maximum absolute atomic E-state index is 13.2. The van der Waals surface area contributed by atoms with E-state index in [-0.39, 0.29) is 17.3 Å². The number of aryl methyl sites for hydroxylation is 2. The SMILES string of the molecule is CCCCCNC(=O)CN(c1ccc(C)cc1)S(=O)(=O)c1ccc(C)cc1. The lowest BCUT2D eigenvalue weighted by molar-refractivity contribution is -0.119. The third-order valence-electron chi connectivity index (χ3n) is 4.32. The number of nitrogens with zero attached hydrogens (tertiary/aromatic N) is 1. The minimum absolute atomic E-state index is 0.174. The molecule has 0 saturated carbocycles. The molecule has 2 aromatic rings. The summed E-state index contributed by atoms with van der Waals surface area (Å²) in [4.78, 5) is 12.5. The Morgan fingerprint density at radius 2 is 1.48 bits per heavy atom. The molecule has 0 atom stereocenters. The highest BCUT2D eigenvalue weighted by Crippen LogP contribution is 2.24. The smallest absolute Gasteiger partial charge is 0.264 e. The van der Waals surface area contributed by atoms with Crippen LogP contribution in [-0.4, -0.2) is 27.4 Å². The van der Waals surface area contributed by atoms with Gasteiger partial charge in [0.15, 0.2) is 0 Å². The zero-order valence-corrected chi connectivity index (χ0v) is 17.1. The molecule has 0 aliphatic heterocycles. The van der Waals surface area contributed by atoms with E-state index in [2.05, 4.69) is 12.2 Å².